The molecule has 0 radical (unpaired) electrons. The monoisotopic (exact) mass is 827 g/mol. The molecule has 0 spiro atoms. The molecule has 0 heterocycles. The maximum atomic E-state index is 12.8. The average Bonchev–Trinajstić information content (AvgIpc) is 3.23. The van der Waals surface area contributed by atoms with Crippen LogP contribution in [0.5, 0.6) is 0 Å². The minimum atomic E-state index is -0.782. The van der Waals surface area contributed by atoms with E-state index in [-0.39, 0.29) is 31.1 Å². The van der Waals surface area contributed by atoms with Crippen LogP contribution in [0.3, 0.4) is 0 Å². The van der Waals surface area contributed by atoms with Crippen LogP contribution < -0.4 is 0 Å². The van der Waals surface area contributed by atoms with Crippen LogP contribution in [0.1, 0.15) is 252 Å². The first kappa shape index (κ1) is 56.4. The highest BCUT2D eigenvalue weighted by molar-refractivity contribution is 5.71. The van der Waals surface area contributed by atoms with Crippen molar-refractivity contribution >= 4 is 17.9 Å². The van der Waals surface area contributed by atoms with E-state index in [2.05, 4.69) is 69.4 Å². The molecule has 0 amide bonds. The van der Waals surface area contributed by atoms with Crippen molar-refractivity contribution in [2.75, 3.05) is 13.2 Å². The van der Waals surface area contributed by atoms with Gasteiger partial charge in [0.2, 0.25) is 0 Å². The van der Waals surface area contributed by atoms with Crippen molar-refractivity contribution in [2.24, 2.45) is 0 Å². The summed E-state index contributed by atoms with van der Waals surface area (Å²) in [7, 11) is 0. The highest BCUT2D eigenvalue weighted by Gasteiger charge is 2.19. The van der Waals surface area contributed by atoms with E-state index in [4.69, 9.17) is 14.2 Å². The van der Waals surface area contributed by atoms with Crippen LogP contribution in [0.2, 0.25) is 0 Å². The molecule has 0 aliphatic carbocycles. The second-order valence-electron chi connectivity index (χ2n) is 16.7. The number of hydrogen-bond acceptors (Lipinski definition) is 6. The highest BCUT2D eigenvalue weighted by atomic mass is 16.6. The third-order valence-corrected chi connectivity index (χ3v) is 10.8. The van der Waals surface area contributed by atoms with Gasteiger partial charge in [-0.2, -0.15) is 0 Å². The van der Waals surface area contributed by atoms with Crippen molar-refractivity contribution in [3.05, 3.63) is 48.6 Å². The van der Waals surface area contributed by atoms with Gasteiger partial charge in [-0.1, -0.05) is 198 Å². The first-order valence-corrected chi connectivity index (χ1v) is 25.1. The van der Waals surface area contributed by atoms with E-state index >= 15 is 0 Å². The van der Waals surface area contributed by atoms with Crippen molar-refractivity contribution in [3.63, 3.8) is 0 Å². The molecule has 0 bridgehead atoms. The molecule has 0 aromatic rings. The lowest BCUT2D eigenvalue weighted by atomic mass is 10.1. The number of unbranched alkanes of at least 4 members (excludes halogenated alkanes) is 26. The molecule has 1 unspecified atom stereocenters. The molecular formula is C53H94O6. The molecule has 0 saturated carbocycles. The van der Waals surface area contributed by atoms with Crippen molar-refractivity contribution in [2.45, 2.75) is 258 Å². The summed E-state index contributed by atoms with van der Waals surface area (Å²) in [5.41, 5.74) is 0. The van der Waals surface area contributed by atoms with Crippen molar-refractivity contribution in [1.29, 1.82) is 0 Å². The molecule has 0 fully saturated rings. The Labute approximate surface area is 365 Å². The van der Waals surface area contributed by atoms with E-state index in [1.54, 1.807) is 0 Å². The summed E-state index contributed by atoms with van der Waals surface area (Å²) < 4.78 is 16.8. The predicted octanol–water partition coefficient (Wildman–Crippen LogP) is 16.3. The molecule has 0 aliphatic heterocycles. The van der Waals surface area contributed by atoms with E-state index in [0.717, 1.165) is 103 Å². The Hall–Kier alpha value is -2.63. The maximum Gasteiger partial charge on any atom is 0.306 e. The highest BCUT2D eigenvalue weighted by Crippen LogP contribution is 2.14. The normalized spacial score (nSPS) is 12.4. The van der Waals surface area contributed by atoms with Gasteiger partial charge in [0.25, 0.3) is 0 Å². The van der Waals surface area contributed by atoms with Crippen LogP contribution in [-0.4, -0.2) is 37.2 Å². The summed E-state index contributed by atoms with van der Waals surface area (Å²) in [5.74, 6) is -0.906. The van der Waals surface area contributed by atoms with Gasteiger partial charge in [0, 0.05) is 19.3 Å². The van der Waals surface area contributed by atoms with E-state index in [1.165, 1.54) is 109 Å². The number of ether oxygens (including phenoxy) is 3. The van der Waals surface area contributed by atoms with E-state index in [1.807, 2.05) is 0 Å². The fraction of sp³-hybridized carbons (Fsp3) is 0.792. The van der Waals surface area contributed by atoms with Gasteiger partial charge in [-0.05, 0) is 83.5 Å². The standard InChI is InChI=1S/C53H94O6/c1-4-7-10-13-16-19-22-24-26-28-31-34-37-40-43-46-52(55)58-49-50(48-57-51(54)45-42-39-36-33-30-21-18-15-12-9-6-3)59-53(56)47-44-41-38-35-32-29-27-25-23-20-17-14-11-8-5-2/h16-17,19-20,24-27,50H,4-15,18,21-23,28-49H2,1-3H3/b19-16-,20-17-,26-24-,27-25-. The number of esters is 3. The van der Waals surface area contributed by atoms with Gasteiger partial charge in [-0.15, -0.1) is 0 Å². The van der Waals surface area contributed by atoms with Gasteiger partial charge in [0.1, 0.15) is 13.2 Å². The number of rotatable bonds is 45. The molecule has 6 nitrogen and oxygen atoms in total. The summed E-state index contributed by atoms with van der Waals surface area (Å²) in [6.07, 6.45) is 56.5. The molecule has 0 rings (SSSR count). The summed E-state index contributed by atoms with van der Waals surface area (Å²) in [6, 6.07) is 0. The molecular weight excluding hydrogens is 733 g/mol. The molecule has 1 atom stereocenters. The molecule has 0 N–H and O–H groups in total. The summed E-state index contributed by atoms with van der Waals surface area (Å²) in [5, 5.41) is 0. The molecule has 0 aromatic carbocycles. The number of hydrogen-bond donors (Lipinski definition) is 0. The van der Waals surface area contributed by atoms with E-state index < -0.39 is 6.10 Å². The fourth-order valence-electron chi connectivity index (χ4n) is 6.97. The Morgan fingerprint density at radius 2 is 0.610 bits per heavy atom. The third kappa shape index (κ3) is 46.3. The minimum Gasteiger partial charge on any atom is -0.462 e. The van der Waals surface area contributed by atoms with Crippen LogP contribution in [0.15, 0.2) is 48.6 Å². The fourth-order valence-corrected chi connectivity index (χ4v) is 6.97. The third-order valence-electron chi connectivity index (χ3n) is 10.8. The van der Waals surface area contributed by atoms with Gasteiger partial charge < -0.3 is 14.2 Å². The Morgan fingerprint density at radius 1 is 0.339 bits per heavy atom. The lowest BCUT2D eigenvalue weighted by Gasteiger charge is -2.18. The Morgan fingerprint density at radius 3 is 0.966 bits per heavy atom. The molecule has 342 valence electrons. The predicted molar refractivity (Wildman–Crippen MR) is 252 cm³/mol. The quantitative estimate of drug-likeness (QED) is 0.0263. The zero-order valence-corrected chi connectivity index (χ0v) is 39.0. The number of carbonyl (C=O) groups is 3. The van der Waals surface area contributed by atoms with Crippen molar-refractivity contribution in [3.8, 4) is 0 Å². The minimum absolute atomic E-state index is 0.0816. The van der Waals surface area contributed by atoms with Crippen LogP contribution >= 0.6 is 0 Å². The number of allylic oxidation sites excluding steroid dienone is 8. The second-order valence-corrected chi connectivity index (χ2v) is 16.7. The topological polar surface area (TPSA) is 78.9 Å². The summed E-state index contributed by atoms with van der Waals surface area (Å²) >= 11 is 0. The lowest BCUT2D eigenvalue weighted by Crippen LogP contribution is -2.30. The smallest absolute Gasteiger partial charge is 0.306 e. The first-order chi connectivity index (χ1) is 29.0. The van der Waals surface area contributed by atoms with Gasteiger partial charge >= 0.3 is 17.9 Å². The van der Waals surface area contributed by atoms with E-state index in [0.29, 0.717) is 19.3 Å². The number of carbonyl (C=O) groups excluding carboxylic acids is 3. The largest absolute Gasteiger partial charge is 0.462 e. The molecule has 59 heavy (non-hydrogen) atoms. The van der Waals surface area contributed by atoms with Gasteiger partial charge in [-0.25, -0.2) is 0 Å². The molecule has 0 aromatic heterocycles. The van der Waals surface area contributed by atoms with Crippen molar-refractivity contribution < 1.29 is 28.6 Å². The van der Waals surface area contributed by atoms with Crippen LogP contribution in [0.4, 0.5) is 0 Å². The first-order valence-electron chi connectivity index (χ1n) is 25.1. The Kier molecular flexibility index (Phi) is 45.9. The van der Waals surface area contributed by atoms with Gasteiger partial charge in [0.05, 0.1) is 0 Å². The summed E-state index contributed by atoms with van der Waals surface area (Å²) in [6.45, 7) is 6.56. The van der Waals surface area contributed by atoms with Crippen LogP contribution in [0, 0.1) is 0 Å². The van der Waals surface area contributed by atoms with Crippen LogP contribution in [-0.2, 0) is 28.6 Å². The average molecular weight is 827 g/mol. The Bertz CT molecular complexity index is 1040. The Balaban J connectivity index is 4.41. The molecule has 6 heteroatoms. The SMILES string of the molecule is CCCCC/C=C\C/C=C\CCCCCCCC(=O)OCC(COC(=O)CCCCCCCCCCCCC)OC(=O)CCCCCCC/C=C\C/C=C\CCCCC. The van der Waals surface area contributed by atoms with Crippen LogP contribution in [0.25, 0.3) is 0 Å². The maximum absolute atomic E-state index is 12.8. The molecule has 0 saturated heterocycles. The van der Waals surface area contributed by atoms with E-state index in [9.17, 15) is 14.4 Å². The lowest BCUT2D eigenvalue weighted by molar-refractivity contribution is -0.167. The zero-order valence-electron chi connectivity index (χ0n) is 39.0. The van der Waals surface area contributed by atoms with Gasteiger partial charge in [-0.3, -0.25) is 14.4 Å². The molecule has 0 aliphatic rings. The van der Waals surface area contributed by atoms with Crippen molar-refractivity contribution in [1.82, 2.24) is 0 Å². The zero-order chi connectivity index (χ0) is 43.0. The second kappa shape index (κ2) is 48.0. The van der Waals surface area contributed by atoms with Gasteiger partial charge in [0.15, 0.2) is 6.10 Å². The summed E-state index contributed by atoms with van der Waals surface area (Å²) in [4.78, 5) is 37.9.